The molecule has 156 valence electrons. The molecule has 0 fully saturated rings. The van der Waals surface area contributed by atoms with Crippen LogP contribution in [-0.2, 0) is 0 Å². The summed E-state index contributed by atoms with van der Waals surface area (Å²) in [4.78, 5) is 3.52. The molecule has 3 rings (SSSR count). The third-order valence-electron chi connectivity index (χ3n) is 3.80. The van der Waals surface area contributed by atoms with Crippen molar-refractivity contribution in [2.24, 2.45) is 5.92 Å². The van der Waals surface area contributed by atoms with Crippen LogP contribution in [0.5, 0.6) is 5.75 Å². The largest absolute Gasteiger partial charge is 0.497 e. The number of nitrogens with one attached hydrogen (secondary N) is 1. The van der Waals surface area contributed by atoms with Crippen molar-refractivity contribution in [1.82, 2.24) is 0 Å². The van der Waals surface area contributed by atoms with Gasteiger partial charge in [0, 0.05) is 16.5 Å². The summed E-state index contributed by atoms with van der Waals surface area (Å²) in [6.45, 7) is 5.25. The summed E-state index contributed by atoms with van der Waals surface area (Å²) < 4.78 is 45.4. The van der Waals surface area contributed by atoms with Gasteiger partial charge < -0.3 is 9.15 Å². The molecule has 9 heteroatoms. The quantitative estimate of drug-likeness (QED) is 0.532. The molecule has 3 aromatic rings. The average Bonchev–Trinajstić information content (AvgIpc) is 2.64. The Morgan fingerprint density at radius 2 is 1.66 bits per heavy atom. The molecule has 1 aromatic heterocycles. The third kappa shape index (κ3) is 7.66. The zero-order valence-corrected chi connectivity index (χ0v) is 17.6. The molecule has 0 spiro atoms. The number of methoxy groups -OCH3 is 1. The van der Waals surface area contributed by atoms with Gasteiger partial charge in [0.2, 0.25) is 5.36 Å². The summed E-state index contributed by atoms with van der Waals surface area (Å²) >= 11 is 5.99. The van der Waals surface area contributed by atoms with E-state index in [0.717, 1.165) is 39.9 Å². The molecule has 0 aliphatic heterocycles. The lowest BCUT2D eigenvalue weighted by atomic mass is 10.1. The highest BCUT2D eigenvalue weighted by molar-refractivity contribution is 6.30. The van der Waals surface area contributed by atoms with E-state index in [9.17, 15) is 0 Å². The first kappa shape index (κ1) is 23.2. The number of ether oxygens (including phenoxy) is 1. The second-order valence-corrected chi connectivity index (χ2v) is 7.74. The van der Waals surface area contributed by atoms with Crippen molar-refractivity contribution in [3.63, 3.8) is 0 Å². The van der Waals surface area contributed by atoms with Gasteiger partial charge in [-0.05, 0) is 42.5 Å². The van der Waals surface area contributed by atoms with Crippen molar-refractivity contribution >= 4 is 22.6 Å². The fourth-order valence-electron chi connectivity index (χ4n) is 2.51. The predicted octanol–water partition coefficient (Wildman–Crippen LogP) is -1.36. The van der Waals surface area contributed by atoms with Gasteiger partial charge >= 0.3 is 0 Å². The van der Waals surface area contributed by atoms with Crippen molar-refractivity contribution < 1.29 is 43.0 Å². The number of halogens is 2. The molecular formula is C20H21Cl2NO6. The van der Waals surface area contributed by atoms with Crippen LogP contribution in [0.2, 0.25) is 5.02 Å². The Kier molecular flexibility index (Phi) is 8.04. The fourth-order valence-corrected chi connectivity index (χ4v) is 2.64. The van der Waals surface area contributed by atoms with E-state index in [1.165, 1.54) is 0 Å². The SMILES string of the molecule is COc1ccc2oc(-c3ccc(Cl)cc3)cc(=[NH+]CC(C)C)c2c1.[O-][Cl+3]([O-])([O-])[O-]. The zero-order valence-electron chi connectivity index (χ0n) is 16.1. The summed E-state index contributed by atoms with van der Waals surface area (Å²) in [5.74, 6) is 2.15. The molecule has 29 heavy (non-hydrogen) atoms. The molecule has 0 radical (unpaired) electrons. The summed E-state index contributed by atoms with van der Waals surface area (Å²) in [5.41, 5.74) is 1.80. The average molecular weight is 442 g/mol. The highest BCUT2D eigenvalue weighted by atomic mass is 35.7. The maximum Gasteiger partial charge on any atom is 0.213 e. The molecule has 2 aromatic carbocycles. The molecule has 7 nitrogen and oxygen atoms in total. The first-order valence-electron chi connectivity index (χ1n) is 8.63. The molecule has 0 atom stereocenters. The number of rotatable bonds is 4. The minimum absolute atomic E-state index is 0.543. The summed E-state index contributed by atoms with van der Waals surface area (Å²) in [6.07, 6.45) is 0. The lowest BCUT2D eigenvalue weighted by Crippen LogP contribution is -2.77. The molecule has 0 amide bonds. The van der Waals surface area contributed by atoms with Gasteiger partial charge in [0.25, 0.3) is 0 Å². The summed E-state index contributed by atoms with van der Waals surface area (Å²) in [5, 5.41) is 2.75. The van der Waals surface area contributed by atoms with Gasteiger partial charge in [-0.25, -0.2) is 23.6 Å². The molecule has 0 saturated carbocycles. The van der Waals surface area contributed by atoms with E-state index in [2.05, 4.69) is 18.8 Å². The zero-order chi connectivity index (χ0) is 21.6. The second-order valence-electron chi connectivity index (χ2n) is 6.55. The van der Waals surface area contributed by atoms with E-state index in [1.54, 1.807) is 7.11 Å². The van der Waals surface area contributed by atoms with Crippen LogP contribution in [0, 0.1) is 16.2 Å². The summed E-state index contributed by atoms with van der Waals surface area (Å²) in [7, 11) is -3.28. The standard InChI is InChI=1S/C20H20ClNO2.ClHO4/c1-13(2)12-22-18-11-20(14-4-6-15(21)7-5-14)24-19-9-8-16(23-3)10-17(18)19;2-1(3,4)5/h4-11,13H,12H2,1-3H3;(H,2,3,4,5). The van der Waals surface area contributed by atoms with Crippen LogP contribution in [0.3, 0.4) is 0 Å². The normalized spacial score (nSPS) is 12.1. The Labute approximate surface area is 175 Å². The number of fused-ring (bicyclic) bond motifs is 1. The van der Waals surface area contributed by atoms with Gasteiger partial charge in [-0.15, -0.1) is 10.2 Å². The van der Waals surface area contributed by atoms with Crippen LogP contribution in [0.15, 0.2) is 52.9 Å². The predicted molar refractivity (Wildman–Crippen MR) is 97.0 cm³/mol. The topological polar surface area (TPSA) is 129 Å². The van der Waals surface area contributed by atoms with Crippen LogP contribution < -0.4 is 33.7 Å². The highest BCUT2D eigenvalue weighted by Crippen LogP contribution is 2.25. The first-order valence-corrected chi connectivity index (χ1v) is 10.2. The highest BCUT2D eigenvalue weighted by Gasteiger charge is 2.10. The molecular weight excluding hydrogens is 421 g/mol. The number of hydrogen-bond acceptors (Lipinski definition) is 6. The van der Waals surface area contributed by atoms with Crippen LogP contribution >= 0.6 is 11.6 Å². The van der Waals surface area contributed by atoms with Crippen LogP contribution in [0.25, 0.3) is 22.3 Å². The fraction of sp³-hybridized carbons (Fsp3) is 0.250. The molecule has 0 aliphatic carbocycles. The Morgan fingerprint density at radius 1 is 1.03 bits per heavy atom. The van der Waals surface area contributed by atoms with Crippen LogP contribution in [-0.4, -0.2) is 13.7 Å². The molecule has 0 saturated heterocycles. The van der Waals surface area contributed by atoms with E-state index in [1.807, 2.05) is 48.5 Å². The van der Waals surface area contributed by atoms with E-state index in [4.69, 9.17) is 39.4 Å². The van der Waals surface area contributed by atoms with Crippen molar-refractivity contribution in [2.45, 2.75) is 13.8 Å². The molecule has 0 unspecified atom stereocenters. The van der Waals surface area contributed by atoms with Gasteiger partial charge in [0.1, 0.15) is 23.6 Å². The van der Waals surface area contributed by atoms with E-state index in [-0.39, 0.29) is 0 Å². The first-order chi connectivity index (χ1) is 13.6. The smallest absolute Gasteiger partial charge is 0.213 e. The van der Waals surface area contributed by atoms with Crippen molar-refractivity contribution in [3.8, 4) is 17.1 Å². The molecule has 0 bridgehead atoms. The van der Waals surface area contributed by atoms with E-state index in [0.29, 0.717) is 10.9 Å². The van der Waals surface area contributed by atoms with Gasteiger partial charge in [-0.3, -0.25) is 0 Å². The Bertz CT molecular complexity index is 1000. The van der Waals surface area contributed by atoms with Crippen molar-refractivity contribution in [1.29, 1.82) is 0 Å². The second kappa shape index (κ2) is 10.1. The lowest BCUT2D eigenvalue weighted by Gasteiger charge is -2.17. The third-order valence-corrected chi connectivity index (χ3v) is 4.05. The Morgan fingerprint density at radius 3 is 2.21 bits per heavy atom. The molecule has 0 aliphatic rings. The lowest BCUT2D eigenvalue weighted by molar-refractivity contribution is -2.00. The van der Waals surface area contributed by atoms with Crippen molar-refractivity contribution in [3.05, 3.63) is 58.9 Å². The van der Waals surface area contributed by atoms with Gasteiger partial charge in [-0.2, -0.15) is 0 Å². The maximum absolute atomic E-state index is 8.49. The Balaban J connectivity index is 0.000000537. The minimum Gasteiger partial charge on any atom is -0.497 e. The summed E-state index contributed by atoms with van der Waals surface area (Å²) in [6, 6.07) is 15.5. The maximum atomic E-state index is 8.49. The monoisotopic (exact) mass is 441 g/mol. The number of benzene rings is 2. The van der Waals surface area contributed by atoms with Crippen LogP contribution in [0.1, 0.15) is 13.8 Å². The number of hydrogen-bond donors (Lipinski definition) is 1. The van der Waals surface area contributed by atoms with Gasteiger partial charge in [0.05, 0.1) is 18.6 Å². The van der Waals surface area contributed by atoms with Crippen LogP contribution in [0.4, 0.5) is 0 Å². The van der Waals surface area contributed by atoms with Gasteiger partial charge in [0.15, 0.2) is 0 Å². The van der Waals surface area contributed by atoms with E-state index >= 15 is 0 Å². The molecule has 1 N–H and O–H groups in total. The minimum atomic E-state index is -4.94. The van der Waals surface area contributed by atoms with E-state index < -0.39 is 10.2 Å². The van der Waals surface area contributed by atoms with Gasteiger partial charge in [-0.1, -0.05) is 25.4 Å². The molecule has 1 heterocycles. The Hall–Kier alpha value is -2.13. The van der Waals surface area contributed by atoms with Crippen molar-refractivity contribution in [2.75, 3.05) is 13.7 Å².